The molecule has 7 heteroatoms. The number of aromatic nitrogens is 1. The van der Waals surface area contributed by atoms with Gasteiger partial charge in [0, 0.05) is 31.0 Å². The molecule has 0 spiro atoms. The van der Waals surface area contributed by atoms with Crippen molar-refractivity contribution in [1.82, 2.24) is 10.3 Å². The molecule has 0 saturated heterocycles. The van der Waals surface area contributed by atoms with Crippen LogP contribution in [0.2, 0.25) is 0 Å². The Balaban J connectivity index is 0.00000324. The Morgan fingerprint density at radius 3 is 2.74 bits per heavy atom. The van der Waals surface area contributed by atoms with Gasteiger partial charge in [-0.15, -0.1) is 35.3 Å². The van der Waals surface area contributed by atoms with Gasteiger partial charge in [-0.2, -0.15) is 0 Å². The van der Waals surface area contributed by atoms with E-state index >= 15 is 0 Å². The van der Waals surface area contributed by atoms with Crippen molar-refractivity contribution in [2.24, 2.45) is 10.7 Å². The van der Waals surface area contributed by atoms with E-state index in [0.717, 1.165) is 17.1 Å². The molecule has 0 amide bonds. The average Bonchev–Trinajstić information content (AvgIpc) is 2.58. The van der Waals surface area contributed by atoms with E-state index in [0.29, 0.717) is 19.1 Å². The van der Waals surface area contributed by atoms with Crippen LogP contribution in [-0.4, -0.2) is 37.2 Å². The highest BCUT2D eigenvalue weighted by Gasteiger charge is 2.04. The third kappa shape index (κ3) is 7.07. The van der Waals surface area contributed by atoms with E-state index in [4.69, 9.17) is 10.5 Å². The number of ether oxygens (including phenoxy) is 1. The first-order valence-electron chi connectivity index (χ1n) is 6.01. The van der Waals surface area contributed by atoms with Crippen molar-refractivity contribution in [2.75, 3.05) is 20.3 Å². The van der Waals surface area contributed by atoms with Crippen LogP contribution in [0.15, 0.2) is 4.99 Å². The van der Waals surface area contributed by atoms with Gasteiger partial charge in [-0.3, -0.25) is 4.99 Å². The summed E-state index contributed by atoms with van der Waals surface area (Å²) in [6, 6.07) is 0.170. The highest BCUT2D eigenvalue weighted by atomic mass is 127. The van der Waals surface area contributed by atoms with Crippen LogP contribution in [-0.2, 0) is 11.2 Å². The lowest BCUT2D eigenvalue weighted by Gasteiger charge is -2.12. The van der Waals surface area contributed by atoms with E-state index in [9.17, 15) is 0 Å². The van der Waals surface area contributed by atoms with Crippen molar-refractivity contribution in [2.45, 2.75) is 33.2 Å². The normalized spacial score (nSPS) is 12.9. The molecule has 1 rings (SSSR count). The maximum atomic E-state index is 5.77. The van der Waals surface area contributed by atoms with Crippen LogP contribution < -0.4 is 11.1 Å². The number of rotatable bonds is 6. The van der Waals surface area contributed by atoms with Gasteiger partial charge in [0.05, 0.1) is 17.3 Å². The van der Waals surface area contributed by atoms with Gasteiger partial charge in [-0.1, -0.05) is 0 Å². The molecular weight excluding hydrogens is 375 g/mol. The average molecular weight is 398 g/mol. The van der Waals surface area contributed by atoms with Crippen LogP contribution in [0.4, 0.5) is 0 Å². The number of halogens is 1. The Bertz CT molecular complexity index is 389. The smallest absolute Gasteiger partial charge is 0.188 e. The number of guanidine groups is 1. The Labute approximate surface area is 136 Å². The molecule has 1 atom stereocenters. The van der Waals surface area contributed by atoms with Gasteiger partial charge in [0.2, 0.25) is 0 Å². The van der Waals surface area contributed by atoms with E-state index in [1.807, 2.05) is 13.8 Å². The first-order chi connectivity index (χ1) is 8.52. The zero-order valence-corrected chi connectivity index (χ0v) is 15.0. The molecule has 5 nitrogen and oxygen atoms in total. The lowest BCUT2D eigenvalue weighted by Crippen LogP contribution is -2.40. The molecule has 0 aliphatic carbocycles. The van der Waals surface area contributed by atoms with Crippen molar-refractivity contribution < 1.29 is 4.74 Å². The number of aliphatic imine (C=N–C) groups is 1. The molecule has 0 fully saturated rings. The van der Waals surface area contributed by atoms with Crippen molar-refractivity contribution >= 4 is 41.3 Å². The van der Waals surface area contributed by atoms with Crippen molar-refractivity contribution in [3.63, 3.8) is 0 Å². The van der Waals surface area contributed by atoms with E-state index in [1.165, 1.54) is 4.88 Å². The molecular formula is C12H23IN4OS. The highest BCUT2D eigenvalue weighted by Crippen LogP contribution is 2.16. The van der Waals surface area contributed by atoms with E-state index in [1.54, 1.807) is 18.4 Å². The summed E-state index contributed by atoms with van der Waals surface area (Å²) < 4.78 is 5.01. The maximum absolute atomic E-state index is 5.77. The second-order valence-electron chi connectivity index (χ2n) is 4.27. The monoisotopic (exact) mass is 398 g/mol. The van der Waals surface area contributed by atoms with E-state index in [2.05, 4.69) is 22.2 Å². The Hall–Kier alpha value is -0.410. The molecule has 1 unspecified atom stereocenters. The van der Waals surface area contributed by atoms with E-state index in [-0.39, 0.29) is 30.0 Å². The Kier molecular flexibility index (Phi) is 9.28. The van der Waals surface area contributed by atoms with Crippen molar-refractivity contribution in [3.8, 4) is 0 Å². The number of hydrogen-bond donors (Lipinski definition) is 2. The van der Waals surface area contributed by atoms with Gasteiger partial charge >= 0.3 is 0 Å². The fourth-order valence-corrected chi connectivity index (χ4v) is 2.43. The number of aryl methyl sites for hydroxylation is 2. The molecule has 0 radical (unpaired) electrons. The summed E-state index contributed by atoms with van der Waals surface area (Å²) in [5, 5.41) is 4.19. The largest absolute Gasteiger partial charge is 0.383 e. The summed E-state index contributed by atoms with van der Waals surface area (Å²) in [7, 11) is 1.67. The predicted octanol–water partition coefficient (Wildman–Crippen LogP) is 1.86. The SMILES string of the molecule is COCC(C)NC(N)=NCCc1nc(C)c(C)s1.I. The molecule has 0 aliphatic rings. The topological polar surface area (TPSA) is 72.5 Å². The lowest BCUT2D eigenvalue weighted by molar-refractivity contribution is 0.179. The molecule has 1 aromatic rings. The van der Waals surface area contributed by atoms with E-state index < -0.39 is 0 Å². The molecule has 1 heterocycles. The van der Waals surface area contributed by atoms with Gasteiger partial charge < -0.3 is 15.8 Å². The number of nitrogens with zero attached hydrogens (tertiary/aromatic N) is 2. The minimum Gasteiger partial charge on any atom is -0.383 e. The summed E-state index contributed by atoms with van der Waals surface area (Å²) in [5.41, 5.74) is 6.88. The fourth-order valence-electron chi connectivity index (χ4n) is 1.51. The molecule has 110 valence electrons. The highest BCUT2D eigenvalue weighted by molar-refractivity contribution is 14.0. The van der Waals surface area contributed by atoms with Gasteiger partial charge in [0.1, 0.15) is 0 Å². The van der Waals surface area contributed by atoms with Crippen LogP contribution in [0.1, 0.15) is 22.5 Å². The summed E-state index contributed by atoms with van der Waals surface area (Å²) >= 11 is 1.73. The number of nitrogens with two attached hydrogens (primary N) is 1. The predicted molar refractivity (Wildman–Crippen MR) is 91.7 cm³/mol. The number of thiazole rings is 1. The minimum atomic E-state index is 0. The minimum absolute atomic E-state index is 0. The van der Waals surface area contributed by atoms with Gasteiger partial charge in [-0.05, 0) is 20.8 Å². The summed E-state index contributed by atoms with van der Waals surface area (Å²) in [5.74, 6) is 0.463. The third-order valence-corrected chi connectivity index (χ3v) is 3.62. The standard InChI is InChI=1S/C12H22N4OS.HI/c1-8(7-17-4)15-12(13)14-6-5-11-16-9(2)10(3)18-11;/h8H,5-7H2,1-4H3,(H3,13,14,15);1H. The zero-order valence-electron chi connectivity index (χ0n) is 11.9. The third-order valence-electron chi connectivity index (χ3n) is 2.49. The van der Waals surface area contributed by atoms with Crippen molar-refractivity contribution in [3.05, 3.63) is 15.6 Å². The first kappa shape index (κ1) is 18.6. The molecule has 19 heavy (non-hydrogen) atoms. The molecule has 0 saturated carbocycles. The van der Waals surface area contributed by atoms with Gasteiger partial charge in [-0.25, -0.2) is 4.98 Å². The number of methoxy groups -OCH3 is 1. The van der Waals surface area contributed by atoms with Crippen LogP contribution in [0.3, 0.4) is 0 Å². The Morgan fingerprint density at radius 1 is 1.53 bits per heavy atom. The van der Waals surface area contributed by atoms with Crippen LogP contribution >= 0.6 is 35.3 Å². The molecule has 0 aromatic carbocycles. The van der Waals surface area contributed by atoms with Gasteiger partial charge in [0.15, 0.2) is 5.96 Å². The number of hydrogen-bond acceptors (Lipinski definition) is 4. The molecule has 0 bridgehead atoms. The number of nitrogens with one attached hydrogen (secondary N) is 1. The Morgan fingerprint density at radius 2 is 2.21 bits per heavy atom. The quantitative estimate of drug-likeness (QED) is 0.436. The lowest BCUT2D eigenvalue weighted by atomic mass is 10.4. The van der Waals surface area contributed by atoms with Crippen LogP contribution in [0.25, 0.3) is 0 Å². The van der Waals surface area contributed by atoms with Gasteiger partial charge in [0.25, 0.3) is 0 Å². The maximum Gasteiger partial charge on any atom is 0.188 e. The second-order valence-corrected chi connectivity index (χ2v) is 5.55. The summed E-state index contributed by atoms with van der Waals surface area (Å²) in [6.07, 6.45) is 0.834. The molecule has 1 aromatic heterocycles. The molecule has 3 N–H and O–H groups in total. The fraction of sp³-hybridized carbons (Fsp3) is 0.667. The first-order valence-corrected chi connectivity index (χ1v) is 6.83. The van der Waals surface area contributed by atoms with Crippen LogP contribution in [0.5, 0.6) is 0 Å². The summed E-state index contributed by atoms with van der Waals surface area (Å²) in [4.78, 5) is 10.0. The van der Waals surface area contributed by atoms with Crippen LogP contribution in [0, 0.1) is 13.8 Å². The zero-order chi connectivity index (χ0) is 13.5. The van der Waals surface area contributed by atoms with Crippen molar-refractivity contribution in [1.29, 1.82) is 0 Å². The summed E-state index contributed by atoms with van der Waals surface area (Å²) in [6.45, 7) is 7.38. The molecule has 0 aliphatic heterocycles. The second kappa shape index (κ2) is 9.49.